The SMILES string of the molecule is CC(=O)O[C@H]1CC[C@@]2(C)[C@@H](CC[C@]3(C)/C(=C(\C)C=CC=C(C)[C@@H](O)CC=C(C)C)C(=O)C[C@@H]23)[C@@]1(C)CO. The normalized spacial score (nSPS) is 38.2. The molecule has 5 nitrogen and oxygen atoms in total. The number of carbonyl (C=O) groups is 2. The van der Waals surface area contributed by atoms with Crippen molar-refractivity contribution in [1.29, 1.82) is 0 Å². The lowest BCUT2D eigenvalue weighted by molar-refractivity contribution is -0.198. The number of Topliss-reactive ketones (excluding diaryl/α,β-unsaturated/α-hetero) is 1. The molecule has 0 bridgehead atoms. The molecule has 0 heterocycles. The highest BCUT2D eigenvalue weighted by Gasteiger charge is 2.66. The van der Waals surface area contributed by atoms with Crippen molar-refractivity contribution in [2.75, 3.05) is 6.61 Å². The molecule has 3 aliphatic rings. The van der Waals surface area contributed by atoms with Crippen LogP contribution in [0, 0.1) is 28.1 Å². The summed E-state index contributed by atoms with van der Waals surface area (Å²) in [5.74, 6) is 0.300. The molecule has 0 spiro atoms. The molecule has 0 amide bonds. The van der Waals surface area contributed by atoms with Crippen LogP contribution in [0.2, 0.25) is 0 Å². The van der Waals surface area contributed by atoms with E-state index < -0.39 is 11.5 Å². The lowest BCUT2D eigenvalue weighted by Gasteiger charge is -2.62. The van der Waals surface area contributed by atoms with Gasteiger partial charge in [0.05, 0.1) is 12.7 Å². The van der Waals surface area contributed by atoms with Crippen molar-refractivity contribution in [3.05, 3.63) is 46.6 Å². The third kappa shape index (κ3) is 5.45. The molecule has 206 valence electrons. The molecule has 0 unspecified atom stereocenters. The smallest absolute Gasteiger partial charge is 0.302 e. The van der Waals surface area contributed by atoms with Crippen molar-refractivity contribution in [1.82, 2.24) is 0 Å². The van der Waals surface area contributed by atoms with Gasteiger partial charge >= 0.3 is 5.97 Å². The topological polar surface area (TPSA) is 83.8 Å². The Bertz CT molecular complexity index is 1030. The van der Waals surface area contributed by atoms with Crippen molar-refractivity contribution in [3.63, 3.8) is 0 Å². The highest BCUT2D eigenvalue weighted by atomic mass is 16.5. The second kappa shape index (κ2) is 11.0. The molecule has 0 radical (unpaired) electrons. The van der Waals surface area contributed by atoms with Crippen LogP contribution < -0.4 is 0 Å². The van der Waals surface area contributed by atoms with E-state index in [0.717, 1.165) is 36.0 Å². The largest absolute Gasteiger partial charge is 0.462 e. The molecule has 0 saturated heterocycles. The fraction of sp³-hybridized carbons (Fsp3) is 0.688. The molecule has 0 aliphatic heterocycles. The number of hydrogen-bond acceptors (Lipinski definition) is 5. The Morgan fingerprint density at radius 2 is 1.76 bits per heavy atom. The Hall–Kier alpha value is -1.98. The lowest BCUT2D eigenvalue weighted by Crippen LogP contribution is -2.60. The Morgan fingerprint density at radius 1 is 1.08 bits per heavy atom. The van der Waals surface area contributed by atoms with E-state index in [1.165, 1.54) is 12.5 Å². The fourth-order valence-corrected chi connectivity index (χ4v) is 8.06. The number of esters is 1. The molecular formula is C32H48O5. The van der Waals surface area contributed by atoms with Gasteiger partial charge in [-0.05, 0) is 88.2 Å². The van der Waals surface area contributed by atoms with Crippen molar-refractivity contribution >= 4 is 11.8 Å². The van der Waals surface area contributed by atoms with E-state index in [2.05, 4.69) is 20.8 Å². The number of fused-ring (bicyclic) bond motifs is 3. The fourth-order valence-electron chi connectivity index (χ4n) is 8.06. The number of hydrogen-bond donors (Lipinski definition) is 2. The predicted molar refractivity (Wildman–Crippen MR) is 148 cm³/mol. The van der Waals surface area contributed by atoms with Gasteiger partial charge in [-0.2, -0.15) is 0 Å². The van der Waals surface area contributed by atoms with Crippen LogP contribution in [0.4, 0.5) is 0 Å². The molecule has 0 aromatic heterocycles. The van der Waals surface area contributed by atoms with E-state index in [4.69, 9.17) is 4.74 Å². The summed E-state index contributed by atoms with van der Waals surface area (Å²) in [6, 6.07) is 0. The Balaban J connectivity index is 1.89. The van der Waals surface area contributed by atoms with Gasteiger partial charge in [0.25, 0.3) is 0 Å². The zero-order valence-corrected chi connectivity index (χ0v) is 24.2. The van der Waals surface area contributed by atoms with Crippen molar-refractivity contribution < 1.29 is 24.5 Å². The summed E-state index contributed by atoms with van der Waals surface area (Å²) in [5.41, 5.74) is 3.18. The molecule has 3 aliphatic carbocycles. The first-order valence-corrected chi connectivity index (χ1v) is 13.9. The Kier molecular flexibility index (Phi) is 8.81. The quantitative estimate of drug-likeness (QED) is 0.182. The van der Waals surface area contributed by atoms with Crippen LogP contribution >= 0.6 is 0 Å². The summed E-state index contributed by atoms with van der Waals surface area (Å²) in [6.07, 6.45) is 11.6. The molecule has 3 fully saturated rings. The van der Waals surface area contributed by atoms with E-state index in [-0.39, 0.29) is 47.1 Å². The summed E-state index contributed by atoms with van der Waals surface area (Å²) in [7, 11) is 0. The summed E-state index contributed by atoms with van der Waals surface area (Å²) in [5, 5.41) is 20.9. The number of ether oxygens (including phenoxy) is 1. The van der Waals surface area contributed by atoms with Crippen LogP contribution in [-0.2, 0) is 14.3 Å². The first-order valence-electron chi connectivity index (χ1n) is 13.9. The van der Waals surface area contributed by atoms with Gasteiger partial charge in [-0.1, -0.05) is 50.6 Å². The molecule has 0 aromatic carbocycles. The maximum atomic E-state index is 13.5. The zero-order chi connectivity index (χ0) is 27.8. The molecule has 7 atom stereocenters. The standard InChI is InChI=1S/C32H48O5/c1-20(2)12-13-24(35)21(3)10-9-11-22(4)29-25(36)18-27-30(6)17-15-28(37-23(5)34)32(8,19-33)26(30)14-16-31(27,29)7/h9-12,24,26-28,33,35H,13-19H2,1-8H3/b11-9?,21-10?,29-22+/t24-,26+,27-,28-,30-,31-,32+/m0/s1. The molecule has 5 heteroatoms. The number of carbonyl (C=O) groups excluding carboxylic acids is 2. The van der Waals surface area contributed by atoms with Crippen LogP contribution in [-0.4, -0.2) is 40.8 Å². The maximum Gasteiger partial charge on any atom is 0.302 e. The van der Waals surface area contributed by atoms with E-state index in [1.807, 2.05) is 52.0 Å². The summed E-state index contributed by atoms with van der Waals surface area (Å²) < 4.78 is 5.71. The van der Waals surface area contributed by atoms with Gasteiger partial charge in [-0.15, -0.1) is 0 Å². The van der Waals surface area contributed by atoms with Crippen LogP contribution in [0.25, 0.3) is 0 Å². The molecular weight excluding hydrogens is 464 g/mol. The van der Waals surface area contributed by atoms with Gasteiger partial charge in [-0.3, -0.25) is 9.59 Å². The lowest BCUT2D eigenvalue weighted by atomic mass is 9.43. The van der Waals surface area contributed by atoms with Gasteiger partial charge in [0.2, 0.25) is 0 Å². The minimum absolute atomic E-state index is 0.0296. The van der Waals surface area contributed by atoms with Gasteiger partial charge in [0.1, 0.15) is 6.10 Å². The van der Waals surface area contributed by atoms with Crippen molar-refractivity contribution in [2.45, 2.75) is 106 Å². The number of aliphatic hydroxyl groups is 2. The monoisotopic (exact) mass is 512 g/mol. The highest BCUT2D eigenvalue weighted by molar-refractivity contribution is 6.00. The van der Waals surface area contributed by atoms with Crippen LogP contribution in [0.5, 0.6) is 0 Å². The minimum Gasteiger partial charge on any atom is -0.462 e. The third-order valence-corrected chi connectivity index (χ3v) is 10.1. The van der Waals surface area contributed by atoms with E-state index >= 15 is 0 Å². The number of allylic oxidation sites excluding steroid dienone is 6. The Morgan fingerprint density at radius 3 is 2.35 bits per heavy atom. The first kappa shape index (κ1) is 29.6. The average Bonchev–Trinajstić information content (AvgIpc) is 3.10. The Labute approximate surface area is 223 Å². The molecule has 3 rings (SSSR count). The summed E-state index contributed by atoms with van der Waals surface area (Å²) in [4.78, 5) is 25.3. The van der Waals surface area contributed by atoms with Crippen LogP contribution in [0.3, 0.4) is 0 Å². The van der Waals surface area contributed by atoms with Crippen LogP contribution in [0.1, 0.15) is 93.9 Å². The third-order valence-electron chi connectivity index (χ3n) is 10.1. The first-order chi connectivity index (χ1) is 17.2. The number of rotatable bonds is 7. The molecule has 37 heavy (non-hydrogen) atoms. The predicted octanol–water partition coefficient (Wildman–Crippen LogP) is 6.26. The van der Waals surface area contributed by atoms with E-state index in [1.54, 1.807) is 0 Å². The summed E-state index contributed by atoms with van der Waals surface area (Å²) in [6.45, 7) is 16.0. The second-order valence-corrected chi connectivity index (χ2v) is 12.9. The number of aliphatic hydroxyl groups excluding tert-OH is 2. The second-order valence-electron chi connectivity index (χ2n) is 12.9. The molecule has 2 N–H and O–H groups in total. The van der Waals surface area contributed by atoms with Crippen molar-refractivity contribution in [3.8, 4) is 0 Å². The van der Waals surface area contributed by atoms with Crippen molar-refractivity contribution in [2.24, 2.45) is 28.1 Å². The zero-order valence-electron chi connectivity index (χ0n) is 24.2. The maximum absolute atomic E-state index is 13.5. The highest BCUT2D eigenvalue weighted by Crippen LogP contribution is 2.69. The number of ketones is 1. The van der Waals surface area contributed by atoms with Gasteiger partial charge in [0, 0.05) is 29.7 Å². The average molecular weight is 513 g/mol. The molecule has 3 saturated carbocycles. The van der Waals surface area contributed by atoms with E-state index in [9.17, 15) is 19.8 Å². The van der Waals surface area contributed by atoms with Gasteiger partial charge in [-0.25, -0.2) is 0 Å². The minimum atomic E-state index is -0.515. The van der Waals surface area contributed by atoms with Gasteiger partial charge < -0.3 is 14.9 Å². The van der Waals surface area contributed by atoms with Crippen LogP contribution in [0.15, 0.2) is 46.6 Å². The van der Waals surface area contributed by atoms with E-state index in [0.29, 0.717) is 19.3 Å². The molecule has 0 aromatic rings. The summed E-state index contributed by atoms with van der Waals surface area (Å²) >= 11 is 0. The van der Waals surface area contributed by atoms with Gasteiger partial charge in [0.15, 0.2) is 5.78 Å².